The van der Waals surface area contributed by atoms with Gasteiger partial charge in [-0.1, -0.05) is 12.1 Å². The Hall–Kier alpha value is -1.33. The molecule has 0 aromatic heterocycles. The Labute approximate surface area is 107 Å². The molecule has 0 atom stereocenters. The lowest BCUT2D eigenvalue weighted by atomic mass is 9.77. The van der Waals surface area contributed by atoms with Gasteiger partial charge in [-0.2, -0.15) is 0 Å². The SMILES string of the molecule is CC1(C)OB(c2cccc(C=O)c2O)OC1(C)C. The van der Waals surface area contributed by atoms with Gasteiger partial charge in [-0.05, 0) is 33.8 Å². The van der Waals surface area contributed by atoms with Crippen LogP contribution in [0.1, 0.15) is 38.1 Å². The van der Waals surface area contributed by atoms with Gasteiger partial charge in [0.1, 0.15) is 5.75 Å². The minimum atomic E-state index is -0.658. The summed E-state index contributed by atoms with van der Waals surface area (Å²) in [7, 11) is -0.658. The molecular formula is C13H17BO4. The van der Waals surface area contributed by atoms with Crippen molar-refractivity contribution in [1.29, 1.82) is 0 Å². The van der Waals surface area contributed by atoms with Crippen molar-refractivity contribution < 1.29 is 19.2 Å². The summed E-state index contributed by atoms with van der Waals surface area (Å²) in [5.74, 6) is -0.0778. The number of benzene rings is 1. The molecule has 96 valence electrons. The minimum absolute atomic E-state index is 0.0778. The van der Waals surface area contributed by atoms with Crippen LogP contribution in [0, 0.1) is 0 Å². The molecule has 0 saturated carbocycles. The summed E-state index contributed by atoms with van der Waals surface area (Å²) in [6.45, 7) is 7.75. The normalized spacial score (nSPS) is 21.0. The lowest BCUT2D eigenvalue weighted by molar-refractivity contribution is 0.00578. The van der Waals surface area contributed by atoms with Crippen molar-refractivity contribution in [3.8, 4) is 5.75 Å². The van der Waals surface area contributed by atoms with Gasteiger partial charge in [0.05, 0.1) is 16.8 Å². The van der Waals surface area contributed by atoms with Crippen molar-refractivity contribution >= 4 is 18.9 Å². The van der Waals surface area contributed by atoms with Crippen LogP contribution in [0.4, 0.5) is 0 Å². The Morgan fingerprint density at radius 2 is 1.72 bits per heavy atom. The maximum Gasteiger partial charge on any atom is 0.498 e. The monoisotopic (exact) mass is 248 g/mol. The number of aromatic hydroxyl groups is 1. The van der Waals surface area contributed by atoms with Gasteiger partial charge in [-0.25, -0.2) is 0 Å². The molecule has 0 spiro atoms. The number of hydrogen-bond acceptors (Lipinski definition) is 4. The van der Waals surface area contributed by atoms with Crippen LogP contribution < -0.4 is 5.46 Å². The number of hydrogen-bond donors (Lipinski definition) is 1. The molecule has 4 nitrogen and oxygen atoms in total. The van der Waals surface area contributed by atoms with E-state index in [0.29, 0.717) is 11.7 Å². The lowest BCUT2D eigenvalue weighted by Gasteiger charge is -2.32. The number of phenols is 1. The summed E-state index contributed by atoms with van der Waals surface area (Å²) in [6.07, 6.45) is 0.615. The molecule has 0 aliphatic carbocycles. The van der Waals surface area contributed by atoms with E-state index in [1.807, 2.05) is 27.7 Å². The molecule has 0 radical (unpaired) electrons. The Morgan fingerprint density at radius 1 is 1.17 bits per heavy atom. The van der Waals surface area contributed by atoms with Crippen molar-refractivity contribution in [3.63, 3.8) is 0 Å². The first kappa shape index (κ1) is 13.1. The molecule has 1 N–H and O–H groups in total. The molecule has 1 aromatic rings. The molecular weight excluding hydrogens is 231 g/mol. The minimum Gasteiger partial charge on any atom is -0.508 e. The van der Waals surface area contributed by atoms with E-state index in [4.69, 9.17) is 9.31 Å². The summed E-state index contributed by atoms with van der Waals surface area (Å²) in [6, 6.07) is 4.95. The van der Waals surface area contributed by atoms with Crippen molar-refractivity contribution in [2.75, 3.05) is 0 Å². The number of carbonyl (C=O) groups is 1. The molecule has 0 unspecified atom stereocenters. The van der Waals surface area contributed by atoms with E-state index < -0.39 is 18.3 Å². The molecule has 1 fully saturated rings. The first-order valence-corrected chi connectivity index (χ1v) is 5.91. The predicted octanol–water partition coefficient (Wildman–Crippen LogP) is 1.50. The van der Waals surface area contributed by atoms with Crippen LogP contribution in [0.25, 0.3) is 0 Å². The smallest absolute Gasteiger partial charge is 0.498 e. The van der Waals surface area contributed by atoms with Crippen LogP contribution >= 0.6 is 0 Å². The molecule has 1 heterocycles. The van der Waals surface area contributed by atoms with E-state index in [2.05, 4.69) is 0 Å². The van der Waals surface area contributed by atoms with E-state index >= 15 is 0 Å². The first-order chi connectivity index (χ1) is 8.28. The largest absolute Gasteiger partial charge is 0.508 e. The first-order valence-electron chi connectivity index (χ1n) is 5.91. The maximum absolute atomic E-state index is 10.8. The van der Waals surface area contributed by atoms with Gasteiger partial charge in [0.15, 0.2) is 6.29 Å². The van der Waals surface area contributed by atoms with Crippen LogP contribution in [0.5, 0.6) is 5.75 Å². The van der Waals surface area contributed by atoms with Gasteiger partial charge in [0.2, 0.25) is 0 Å². The van der Waals surface area contributed by atoms with Crippen molar-refractivity contribution in [2.24, 2.45) is 0 Å². The van der Waals surface area contributed by atoms with E-state index in [-0.39, 0.29) is 11.3 Å². The topological polar surface area (TPSA) is 55.8 Å². The van der Waals surface area contributed by atoms with E-state index in [1.165, 1.54) is 0 Å². The number of rotatable bonds is 2. The third-order valence-electron chi connectivity index (χ3n) is 3.73. The molecule has 1 aromatic carbocycles. The second kappa shape index (κ2) is 4.11. The molecule has 2 rings (SSSR count). The van der Waals surface area contributed by atoms with Crippen molar-refractivity contribution in [2.45, 2.75) is 38.9 Å². The number of aldehydes is 1. The molecule has 1 aliphatic rings. The molecule has 1 aliphatic heterocycles. The molecule has 0 bridgehead atoms. The van der Waals surface area contributed by atoms with Gasteiger partial charge < -0.3 is 14.4 Å². The van der Waals surface area contributed by atoms with E-state index in [0.717, 1.165) is 0 Å². The van der Waals surface area contributed by atoms with Crippen LogP contribution in [0.3, 0.4) is 0 Å². The average Bonchev–Trinajstić information content (AvgIpc) is 2.48. The average molecular weight is 248 g/mol. The summed E-state index contributed by atoms with van der Waals surface area (Å²) < 4.78 is 11.7. The Bertz CT molecular complexity index is 466. The van der Waals surface area contributed by atoms with Crippen molar-refractivity contribution in [3.05, 3.63) is 23.8 Å². The Kier molecular flexibility index (Phi) is 2.99. The fraction of sp³-hybridized carbons (Fsp3) is 0.462. The maximum atomic E-state index is 10.8. The fourth-order valence-corrected chi connectivity index (χ4v) is 1.84. The highest BCUT2D eigenvalue weighted by Gasteiger charge is 2.52. The van der Waals surface area contributed by atoms with E-state index in [9.17, 15) is 9.90 Å². The third-order valence-corrected chi connectivity index (χ3v) is 3.73. The summed E-state index contributed by atoms with van der Waals surface area (Å²) in [4.78, 5) is 10.8. The lowest BCUT2D eigenvalue weighted by Crippen LogP contribution is -2.41. The molecule has 0 amide bonds. The highest BCUT2D eigenvalue weighted by atomic mass is 16.7. The van der Waals surface area contributed by atoms with Gasteiger partial charge in [-0.3, -0.25) is 4.79 Å². The summed E-state index contributed by atoms with van der Waals surface area (Å²) in [5, 5.41) is 10.00. The molecule has 5 heteroatoms. The predicted molar refractivity (Wildman–Crippen MR) is 69.2 cm³/mol. The van der Waals surface area contributed by atoms with Crippen molar-refractivity contribution in [1.82, 2.24) is 0 Å². The van der Waals surface area contributed by atoms with Crippen LogP contribution in [0.2, 0.25) is 0 Å². The zero-order valence-corrected chi connectivity index (χ0v) is 11.1. The quantitative estimate of drug-likeness (QED) is 0.636. The zero-order valence-electron chi connectivity index (χ0n) is 11.1. The Morgan fingerprint density at radius 3 is 2.22 bits per heavy atom. The molecule has 18 heavy (non-hydrogen) atoms. The number of phenolic OH excluding ortho intramolecular Hbond substituents is 1. The standard InChI is InChI=1S/C13H17BO4/c1-12(2)13(3,4)18-14(17-12)10-7-5-6-9(8-15)11(10)16/h5-8,16H,1-4H3. The van der Waals surface area contributed by atoms with Gasteiger partial charge in [-0.15, -0.1) is 0 Å². The number of carbonyl (C=O) groups excluding carboxylic acids is 1. The highest BCUT2D eigenvalue weighted by Crippen LogP contribution is 2.37. The third kappa shape index (κ3) is 1.93. The molecule has 1 saturated heterocycles. The Balaban J connectivity index is 2.38. The van der Waals surface area contributed by atoms with Gasteiger partial charge >= 0.3 is 7.12 Å². The fourth-order valence-electron chi connectivity index (χ4n) is 1.84. The van der Waals surface area contributed by atoms with Gasteiger partial charge in [0, 0.05) is 5.46 Å². The van der Waals surface area contributed by atoms with Crippen LogP contribution in [-0.4, -0.2) is 29.7 Å². The van der Waals surface area contributed by atoms with Crippen LogP contribution in [-0.2, 0) is 9.31 Å². The second-order valence-corrected chi connectivity index (χ2v) is 5.49. The summed E-state index contributed by atoms with van der Waals surface area (Å²) >= 11 is 0. The zero-order chi connectivity index (χ0) is 13.6. The van der Waals surface area contributed by atoms with Crippen LogP contribution in [0.15, 0.2) is 18.2 Å². The second-order valence-electron chi connectivity index (χ2n) is 5.49. The number of para-hydroxylation sites is 1. The van der Waals surface area contributed by atoms with Gasteiger partial charge in [0.25, 0.3) is 0 Å². The summed E-state index contributed by atoms with van der Waals surface area (Å²) in [5.41, 5.74) is -0.219. The highest BCUT2D eigenvalue weighted by molar-refractivity contribution is 6.63. The van der Waals surface area contributed by atoms with E-state index in [1.54, 1.807) is 18.2 Å².